The molecule has 0 amide bonds. The molecule has 5 rings (SSSR count). The molecule has 1 aliphatic heterocycles. The zero-order chi connectivity index (χ0) is 29.4. The van der Waals surface area contributed by atoms with Crippen molar-refractivity contribution in [2.24, 2.45) is 16.7 Å². The van der Waals surface area contributed by atoms with Gasteiger partial charge in [-0.3, -0.25) is 9.59 Å². The molecule has 221 valence electrons. The number of Topliss-reactive ketones (excluding diaryl/α,β-unsaturated/α-hetero) is 1. The van der Waals surface area contributed by atoms with Gasteiger partial charge in [-0.2, -0.15) is 0 Å². The second-order valence-corrected chi connectivity index (χ2v) is 12.7. The minimum Gasteiger partial charge on any atom is -0.469 e. The van der Waals surface area contributed by atoms with Crippen LogP contribution in [0.15, 0.2) is 34.0 Å². The van der Waals surface area contributed by atoms with Gasteiger partial charge in [0.05, 0.1) is 24.9 Å². The zero-order valence-electron chi connectivity index (χ0n) is 24.1. The SMILES string of the molecule is [Ac].[CH][C@@H](c1ccco1)[C@@H](O)C(=O)OC1C[C@@]2(O)[C@@H](OC(C)=O)[C@@H]3[C@]4(O)CO[C@@H]4CC[C@@]3(C)C(=O)CC(=C1C)C2(C)C. The number of ether oxygens (including phenoxy) is 3. The van der Waals surface area contributed by atoms with Crippen molar-refractivity contribution in [2.75, 3.05) is 6.61 Å². The molecule has 1 aromatic rings. The first-order valence-corrected chi connectivity index (χ1v) is 13.7. The molecular weight excluding hydrogens is 747 g/mol. The molecular formula is C30H38AcO10. The third-order valence-electron chi connectivity index (χ3n) is 10.3. The smallest absolute Gasteiger partial charge is 0.336 e. The van der Waals surface area contributed by atoms with Crippen LogP contribution in [0.1, 0.15) is 72.0 Å². The molecule has 9 atom stereocenters. The molecule has 1 unspecified atom stereocenters. The zero-order valence-corrected chi connectivity index (χ0v) is 28.8. The van der Waals surface area contributed by atoms with Crippen molar-refractivity contribution in [1.29, 1.82) is 0 Å². The van der Waals surface area contributed by atoms with E-state index in [1.54, 1.807) is 33.8 Å². The van der Waals surface area contributed by atoms with Gasteiger partial charge in [0.25, 0.3) is 0 Å². The average molecular weight is 786 g/mol. The molecule has 11 heteroatoms. The predicted octanol–water partition coefficient (Wildman–Crippen LogP) is 2.28. The summed E-state index contributed by atoms with van der Waals surface area (Å²) in [5.74, 6) is -3.84. The van der Waals surface area contributed by atoms with Gasteiger partial charge in [0, 0.05) is 80.6 Å². The number of aliphatic hydroxyl groups is 3. The Hall–Kier alpha value is -1.09. The van der Waals surface area contributed by atoms with E-state index in [9.17, 15) is 29.7 Å². The minimum atomic E-state index is -1.87. The Morgan fingerprint density at radius 3 is 2.44 bits per heavy atom. The number of esters is 2. The predicted molar refractivity (Wildman–Crippen MR) is 138 cm³/mol. The monoisotopic (exact) mass is 785 g/mol. The Morgan fingerprint density at radius 2 is 1.88 bits per heavy atom. The molecule has 2 heterocycles. The van der Waals surface area contributed by atoms with Crippen LogP contribution >= 0.6 is 0 Å². The average Bonchev–Trinajstić information content (AvgIpc) is 3.41. The van der Waals surface area contributed by atoms with Gasteiger partial charge < -0.3 is 33.9 Å². The van der Waals surface area contributed by atoms with E-state index in [0.717, 1.165) is 0 Å². The summed E-state index contributed by atoms with van der Waals surface area (Å²) < 4.78 is 22.5. The van der Waals surface area contributed by atoms with E-state index in [4.69, 9.17) is 25.6 Å². The van der Waals surface area contributed by atoms with Crippen LogP contribution in [0.3, 0.4) is 0 Å². The van der Waals surface area contributed by atoms with E-state index < -0.39 is 70.2 Å². The number of hydrogen-bond acceptors (Lipinski definition) is 10. The van der Waals surface area contributed by atoms with Crippen molar-refractivity contribution in [3.05, 3.63) is 42.2 Å². The summed E-state index contributed by atoms with van der Waals surface area (Å²) in [6.07, 6.45) is -2.77. The van der Waals surface area contributed by atoms with Crippen molar-refractivity contribution in [3.63, 3.8) is 0 Å². The van der Waals surface area contributed by atoms with Crippen LogP contribution in [0.2, 0.25) is 0 Å². The first-order chi connectivity index (χ1) is 18.6. The molecule has 41 heavy (non-hydrogen) atoms. The van der Waals surface area contributed by atoms with E-state index >= 15 is 0 Å². The van der Waals surface area contributed by atoms with E-state index in [1.807, 2.05) is 0 Å². The summed E-state index contributed by atoms with van der Waals surface area (Å²) >= 11 is 0. The quantitative estimate of drug-likeness (QED) is 0.300. The van der Waals surface area contributed by atoms with E-state index in [2.05, 4.69) is 0 Å². The van der Waals surface area contributed by atoms with Gasteiger partial charge in [0.2, 0.25) is 0 Å². The van der Waals surface area contributed by atoms with Crippen LogP contribution in [0.5, 0.6) is 0 Å². The van der Waals surface area contributed by atoms with Crippen molar-refractivity contribution in [2.45, 2.75) is 102 Å². The number of fused-ring (bicyclic) bond motifs is 5. The molecule has 2 bridgehead atoms. The molecule has 0 aromatic carbocycles. The molecule has 2 saturated carbocycles. The maximum atomic E-state index is 14.1. The number of ketones is 1. The molecule has 0 spiro atoms. The molecule has 3 fully saturated rings. The third kappa shape index (κ3) is 4.91. The summed E-state index contributed by atoms with van der Waals surface area (Å²) in [5, 5.41) is 35.1. The number of rotatable bonds is 5. The second kappa shape index (κ2) is 11.1. The second-order valence-electron chi connectivity index (χ2n) is 12.7. The summed E-state index contributed by atoms with van der Waals surface area (Å²) in [4.78, 5) is 39.7. The van der Waals surface area contributed by atoms with Crippen LogP contribution in [0, 0.1) is 67.7 Å². The standard InChI is InChI=1S/C30H38O10.Ac/c1-15-18-12-21(32)28(6)10-9-22-29(35,14-38-22)24(28)25(39-17(3)31)30(36,27(18,4)5)13-20(15)40-26(34)23(33)16(2)19-8-7-11-37-19;/h2,7-8,11,16,20,22-25,33,35-36H,9-10,12-14H2,1,3-6H3;/t16-,20?,22+,23+,24-,25-,28-,29-,30+;/m0./s1. The Morgan fingerprint density at radius 1 is 1.20 bits per heavy atom. The first kappa shape index (κ1) is 32.8. The third-order valence-corrected chi connectivity index (χ3v) is 10.3. The van der Waals surface area contributed by atoms with Crippen LogP contribution in [0.25, 0.3) is 0 Å². The Labute approximate surface area is 275 Å². The van der Waals surface area contributed by atoms with Gasteiger partial charge in [-0.05, 0) is 44.4 Å². The molecule has 3 aliphatic carbocycles. The summed E-state index contributed by atoms with van der Waals surface area (Å²) in [6.45, 7) is 14.2. The maximum Gasteiger partial charge on any atom is 0.336 e. The van der Waals surface area contributed by atoms with Gasteiger partial charge in [0.15, 0.2) is 6.10 Å². The molecule has 10 nitrogen and oxygen atoms in total. The molecule has 3 N–H and O–H groups in total. The Balaban J connectivity index is 0.00000387. The van der Waals surface area contributed by atoms with Crippen LogP contribution in [0.4, 0.5) is 0 Å². The Kier molecular flexibility index (Phi) is 8.90. The number of carbonyl (C=O) groups excluding carboxylic acids is 3. The summed E-state index contributed by atoms with van der Waals surface area (Å²) in [5.41, 5.74) is -4.47. The number of aliphatic hydroxyl groups excluding tert-OH is 1. The number of furan rings is 1. The fourth-order valence-corrected chi connectivity index (χ4v) is 7.62. The van der Waals surface area contributed by atoms with E-state index in [0.29, 0.717) is 24.0 Å². The molecule has 1 aromatic heterocycles. The molecule has 3 radical (unpaired) electrons. The van der Waals surface area contributed by atoms with Crippen molar-refractivity contribution in [3.8, 4) is 0 Å². The normalized spacial score (nSPS) is 39.0. The fraction of sp³-hybridized carbons (Fsp3) is 0.667. The minimum absolute atomic E-state index is 0. The first-order valence-electron chi connectivity index (χ1n) is 13.7. The van der Waals surface area contributed by atoms with Gasteiger partial charge in [-0.25, -0.2) is 4.79 Å². The number of hydrogen-bond donors (Lipinski definition) is 3. The van der Waals surface area contributed by atoms with Gasteiger partial charge in [0.1, 0.15) is 35.0 Å². The van der Waals surface area contributed by atoms with Gasteiger partial charge >= 0.3 is 11.9 Å². The molecule has 4 aliphatic rings. The fourth-order valence-electron chi connectivity index (χ4n) is 7.62. The van der Waals surface area contributed by atoms with Crippen LogP contribution in [-0.2, 0) is 28.6 Å². The van der Waals surface area contributed by atoms with Crippen LogP contribution in [-0.4, -0.2) is 75.3 Å². The largest absolute Gasteiger partial charge is 0.469 e. The van der Waals surface area contributed by atoms with Crippen molar-refractivity contribution < 1.29 is 92.4 Å². The van der Waals surface area contributed by atoms with Gasteiger partial charge in [-0.1, -0.05) is 26.3 Å². The number of carbonyl (C=O) groups is 3. The van der Waals surface area contributed by atoms with E-state index in [1.165, 1.54) is 19.3 Å². The van der Waals surface area contributed by atoms with Crippen LogP contribution < -0.4 is 0 Å². The van der Waals surface area contributed by atoms with E-state index in [-0.39, 0.29) is 75.1 Å². The van der Waals surface area contributed by atoms with Crippen molar-refractivity contribution >= 4 is 17.7 Å². The summed E-state index contributed by atoms with van der Waals surface area (Å²) in [6, 6.07) is 3.10. The summed E-state index contributed by atoms with van der Waals surface area (Å²) in [7, 11) is 0. The Bertz CT molecular complexity index is 1240. The molecule has 1 saturated heterocycles. The van der Waals surface area contributed by atoms with Crippen molar-refractivity contribution in [1.82, 2.24) is 0 Å². The topological polar surface area (TPSA) is 153 Å². The van der Waals surface area contributed by atoms with Gasteiger partial charge in [-0.15, -0.1) is 0 Å². The maximum absolute atomic E-state index is 14.1.